The molecule has 120 valence electrons. The maximum atomic E-state index is 12.1. The number of hydrogen-bond acceptors (Lipinski definition) is 4. The van der Waals surface area contributed by atoms with Crippen LogP contribution in [0.5, 0.6) is 0 Å². The number of amides is 1. The summed E-state index contributed by atoms with van der Waals surface area (Å²) in [6, 6.07) is 2.11. The average molecular weight is 317 g/mol. The first-order valence-corrected chi connectivity index (χ1v) is 7.42. The van der Waals surface area contributed by atoms with E-state index in [1.54, 1.807) is 6.07 Å². The second-order valence-corrected chi connectivity index (χ2v) is 5.27. The van der Waals surface area contributed by atoms with Crippen molar-refractivity contribution in [3.05, 3.63) is 18.0 Å². The van der Waals surface area contributed by atoms with Gasteiger partial charge in [0.1, 0.15) is 5.69 Å². The predicted molar refractivity (Wildman–Crippen MR) is 83.9 cm³/mol. The molecule has 0 aromatic carbocycles. The number of aliphatic hydroxyl groups excluding tert-OH is 1. The molecule has 1 fully saturated rings. The fourth-order valence-electron chi connectivity index (χ4n) is 2.52. The number of halogens is 1. The van der Waals surface area contributed by atoms with E-state index in [1.165, 1.54) is 0 Å². The Kier molecular flexibility index (Phi) is 7.71. The molecule has 3 N–H and O–H groups in total. The van der Waals surface area contributed by atoms with Gasteiger partial charge in [0.2, 0.25) is 0 Å². The van der Waals surface area contributed by atoms with Gasteiger partial charge in [-0.05, 0) is 38.3 Å². The Hall–Kier alpha value is -1.11. The van der Waals surface area contributed by atoms with Crippen LogP contribution < -0.4 is 10.6 Å². The van der Waals surface area contributed by atoms with Gasteiger partial charge in [-0.2, -0.15) is 5.10 Å². The van der Waals surface area contributed by atoms with Crippen LogP contribution in [0.3, 0.4) is 0 Å². The highest BCUT2D eigenvalue weighted by molar-refractivity contribution is 5.92. The van der Waals surface area contributed by atoms with Crippen molar-refractivity contribution in [2.75, 3.05) is 19.7 Å². The molecule has 1 aliphatic heterocycles. The summed E-state index contributed by atoms with van der Waals surface area (Å²) in [6.07, 6.45) is 5.49. The number of rotatable bonds is 6. The van der Waals surface area contributed by atoms with E-state index in [0.717, 1.165) is 32.4 Å². The first-order chi connectivity index (χ1) is 9.74. The van der Waals surface area contributed by atoms with Crippen LogP contribution >= 0.6 is 12.4 Å². The largest absolute Gasteiger partial charge is 0.396 e. The van der Waals surface area contributed by atoms with Gasteiger partial charge in [-0.3, -0.25) is 9.48 Å². The minimum absolute atomic E-state index is 0. The van der Waals surface area contributed by atoms with Gasteiger partial charge in [0.15, 0.2) is 0 Å². The lowest BCUT2D eigenvalue weighted by molar-refractivity contribution is 0.0922. The van der Waals surface area contributed by atoms with Crippen LogP contribution in [-0.4, -0.2) is 46.5 Å². The van der Waals surface area contributed by atoms with Gasteiger partial charge in [0, 0.05) is 25.4 Å². The lowest BCUT2D eigenvalue weighted by Gasteiger charge is -2.23. The van der Waals surface area contributed by atoms with Crippen molar-refractivity contribution in [3.63, 3.8) is 0 Å². The molecular formula is C14H25ClN4O2. The number of carbonyl (C=O) groups excluding carboxylic acids is 1. The Balaban J connectivity index is 0.00000220. The zero-order chi connectivity index (χ0) is 14.4. The van der Waals surface area contributed by atoms with Gasteiger partial charge in [-0.15, -0.1) is 12.4 Å². The van der Waals surface area contributed by atoms with Crippen LogP contribution in [0.4, 0.5) is 0 Å². The van der Waals surface area contributed by atoms with E-state index in [2.05, 4.69) is 15.7 Å². The van der Waals surface area contributed by atoms with Crippen molar-refractivity contribution in [2.24, 2.45) is 0 Å². The van der Waals surface area contributed by atoms with Crippen molar-refractivity contribution in [3.8, 4) is 0 Å². The molecule has 0 saturated carbocycles. The molecule has 0 spiro atoms. The minimum Gasteiger partial charge on any atom is -0.396 e. The molecule has 0 aliphatic carbocycles. The topological polar surface area (TPSA) is 79.2 Å². The number of aromatic nitrogens is 2. The van der Waals surface area contributed by atoms with Crippen molar-refractivity contribution >= 4 is 18.3 Å². The molecule has 2 unspecified atom stereocenters. The SMILES string of the molecule is CCC(CCO)NC(=O)c1ccn(C2CCCNC2)n1.Cl. The van der Waals surface area contributed by atoms with E-state index < -0.39 is 0 Å². The van der Waals surface area contributed by atoms with E-state index >= 15 is 0 Å². The van der Waals surface area contributed by atoms with E-state index in [1.807, 2.05) is 17.8 Å². The van der Waals surface area contributed by atoms with E-state index in [0.29, 0.717) is 18.2 Å². The molecular weight excluding hydrogens is 292 g/mol. The smallest absolute Gasteiger partial charge is 0.271 e. The first kappa shape index (κ1) is 17.9. The quantitative estimate of drug-likeness (QED) is 0.735. The van der Waals surface area contributed by atoms with Crippen LogP contribution in [0.1, 0.15) is 49.1 Å². The molecule has 7 heteroatoms. The highest BCUT2D eigenvalue weighted by Crippen LogP contribution is 2.15. The number of piperidine rings is 1. The Morgan fingerprint density at radius 2 is 2.48 bits per heavy atom. The summed E-state index contributed by atoms with van der Waals surface area (Å²) in [7, 11) is 0. The van der Waals surface area contributed by atoms with E-state index in [4.69, 9.17) is 5.11 Å². The molecule has 2 rings (SSSR count). The Labute approximate surface area is 131 Å². The van der Waals surface area contributed by atoms with Crippen LogP contribution in [0.2, 0.25) is 0 Å². The second kappa shape index (κ2) is 9.02. The zero-order valence-electron chi connectivity index (χ0n) is 12.4. The lowest BCUT2D eigenvalue weighted by Crippen LogP contribution is -2.35. The van der Waals surface area contributed by atoms with Crippen molar-refractivity contribution in [1.82, 2.24) is 20.4 Å². The lowest BCUT2D eigenvalue weighted by atomic mass is 10.1. The normalized spacial score (nSPS) is 19.6. The molecule has 1 aromatic heterocycles. The molecule has 1 aromatic rings. The molecule has 21 heavy (non-hydrogen) atoms. The van der Waals surface area contributed by atoms with Crippen LogP contribution in [0.25, 0.3) is 0 Å². The minimum atomic E-state index is -0.159. The molecule has 0 bridgehead atoms. The molecule has 6 nitrogen and oxygen atoms in total. The van der Waals surface area contributed by atoms with Crippen molar-refractivity contribution in [1.29, 1.82) is 0 Å². The van der Waals surface area contributed by atoms with Crippen LogP contribution in [0, 0.1) is 0 Å². The third-order valence-electron chi connectivity index (χ3n) is 3.79. The number of aliphatic hydroxyl groups is 1. The third kappa shape index (κ3) is 4.98. The number of hydrogen-bond donors (Lipinski definition) is 3. The monoisotopic (exact) mass is 316 g/mol. The summed E-state index contributed by atoms with van der Waals surface area (Å²) in [5.41, 5.74) is 0.451. The third-order valence-corrected chi connectivity index (χ3v) is 3.79. The Morgan fingerprint density at radius 3 is 3.10 bits per heavy atom. The molecule has 1 aliphatic rings. The molecule has 2 atom stereocenters. The summed E-state index contributed by atoms with van der Waals surface area (Å²) in [6.45, 7) is 4.04. The number of nitrogens with zero attached hydrogens (tertiary/aromatic N) is 2. The summed E-state index contributed by atoms with van der Waals surface area (Å²) >= 11 is 0. The van der Waals surface area contributed by atoms with Crippen LogP contribution in [0.15, 0.2) is 12.3 Å². The highest BCUT2D eigenvalue weighted by atomic mass is 35.5. The number of carbonyl (C=O) groups is 1. The van der Waals surface area contributed by atoms with Crippen molar-refractivity contribution in [2.45, 2.75) is 44.7 Å². The second-order valence-electron chi connectivity index (χ2n) is 5.27. The van der Waals surface area contributed by atoms with Gasteiger partial charge in [0.05, 0.1) is 6.04 Å². The zero-order valence-corrected chi connectivity index (χ0v) is 13.2. The van der Waals surface area contributed by atoms with Gasteiger partial charge in [0.25, 0.3) is 5.91 Å². The molecule has 2 heterocycles. The molecule has 0 radical (unpaired) electrons. The van der Waals surface area contributed by atoms with Crippen LogP contribution in [-0.2, 0) is 0 Å². The predicted octanol–water partition coefficient (Wildman–Crippen LogP) is 1.12. The summed E-state index contributed by atoms with van der Waals surface area (Å²) in [5.74, 6) is -0.159. The fraction of sp³-hybridized carbons (Fsp3) is 0.714. The van der Waals surface area contributed by atoms with Gasteiger partial charge < -0.3 is 15.7 Å². The molecule has 1 amide bonds. The fourth-order valence-corrected chi connectivity index (χ4v) is 2.52. The Bertz CT molecular complexity index is 432. The van der Waals surface area contributed by atoms with Gasteiger partial charge in [-0.25, -0.2) is 0 Å². The molecule has 1 saturated heterocycles. The van der Waals surface area contributed by atoms with Gasteiger partial charge in [-0.1, -0.05) is 6.92 Å². The van der Waals surface area contributed by atoms with Gasteiger partial charge >= 0.3 is 0 Å². The first-order valence-electron chi connectivity index (χ1n) is 7.42. The Morgan fingerprint density at radius 1 is 1.67 bits per heavy atom. The van der Waals surface area contributed by atoms with E-state index in [-0.39, 0.29) is 31.0 Å². The number of nitrogens with one attached hydrogen (secondary N) is 2. The summed E-state index contributed by atoms with van der Waals surface area (Å²) < 4.78 is 1.88. The maximum absolute atomic E-state index is 12.1. The highest BCUT2D eigenvalue weighted by Gasteiger charge is 2.18. The summed E-state index contributed by atoms with van der Waals surface area (Å²) in [5, 5.41) is 19.6. The van der Waals surface area contributed by atoms with E-state index in [9.17, 15) is 4.79 Å². The maximum Gasteiger partial charge on any atom is 0.271 e. The summed E-state index contributed by atoms with van der Waals surface area (Å²) in [4.78, 5) is 12.1. The standard InChI is InChI=1S/C14H24N4O2.ClH/c1-2-11(6-9-19)16-14(20)13-5-8-18(17-13)12-4-3-7-15-10-12;/h5,8,11-12,15,19H,2-4,6-7,9-10H2,1H3,(H,16,20);1H. The average Bonchev–Trinajstić information content (AvgIpc) is 2.97. The van der Waals surface area contributed by atoms with Crippen molar-refractivity contribution < 1.29 is 9.90 Å².